The summed E-state index contributed by atoms with van der Waals surface area (Å²) in [5.74, 6) is -0.539. The van der Waals surface area contributed by atoms with Crippen LogP contribution in [0.15, 0.2) is 67.0 Å². The molecule has 1 unspecified atom stereocenters. The molecule has 3 aromatic carbocycles. The number of nitrogens with zero attached hydrogens (tertiary/aromatic N) is 6. The second kappa shape index (κ2) is 12.3. The largest absolute Gasteiger partial charge is 0.373 e. The van der Waals surface area contributed by atoms with Gasteiger partial charge in [-0.1, -0.05) is 59.1 Å². The van der Waals surface area contributed by atoms with E-state index in [2.05, 4.69) is 43.8 Å². The van der Waals surface area contributed by atoms with Crippen molar-refractivity contribution in [3.8, 4) is 6.07 Å². The number of aromatic nitrogens is 4. The molecule has 0 radical (unpaired) electrons. The molecule has 1 fully saturated rings. The maximum Gasteiger partial charge on any atom is 0.141 e. The van der Waals surface area contributed by atoms with Crippen LogP contribution in [-0.4, -0.2) is 44.5 Å². The van der Waals surface area contributed by atoms with Gasteiger partial charge < -0.3 is 15.5 Å². The number of anilines is 3. The molecular formula is C31H26Cl3FN8. The maximum absolute atomic E-state index is 13.8. The number of hydrogen-bond donors (Lipinski definition) is 2. The van der Waals surface area contributed by atoms with E-state index in [-0.39, 0.29) is 22.7 Å². The van der Waals surface area contributed by atoms with Gasteiger partial charge in [0, 0.05) is 41.1 Å². The highest BCUT2D eigenvalue weighted by molar-refractivity contribution is 6.36. The van der Waals surface area contributed by atoms with Crippen LogP contribution in [0.4, 0.5) is 21.5 Å². The first-order chi connectivity index (χ1) is 20.8. The van der Waals surface area contributed by atoms with Crippen molar-refractivity contribution in [1.82, 2.24) is 24.9 Å². The lowest BCUT2D eigenvalue weighted by Crippen LogP contribution is -2.21. The van der Waals surface area contributed by atoms with Gasteiger partial charge in [0.15, 0.2) is 0 Å². The van der Waals surface area contributed by atoms with Crippen molar-refractivity contribution in [2.24, 2.45) is 0 Å². The van der Waals surface area contributed by atoms with Gasteiger partial charge in [-0.2, -0.15) is 5.26 Å². The molecule has 6 rings (SSSR count). The summed E-state index contributed by atoms with van der Waals surface area (Å²) in [7, 11) is 0. The molecule has 2 aromatic heterocycles. The van der Waals surface area contributed by atoms with Crippen LogP contribution in [0.3, 0.4) is 0 Å². The van der Waals surface area contributed by atoms with Crippen LogP contribution in [0.2, 0.25) is 15.1 Å². The molecule has 0 saturated carbocycles. The van der Waals surface area contributed by atoms with Crippen LogP contribution in [0.5, 0.6) is 0 Å². The summed E-state index contributed by atoms with van der Waals surface area (Å²) in [5, 5.41) is 27.3. The molecule has 5 aromatic rings. The van der Waals surface area contributed by atoms with E-state index in [1.54, 1.807) is 12.1 Å². The van der Waals surface area contributed by atoms with Gasteiger partial charge in [-0.3, -0.25) is 4.98 Å². The normalized spacial score (nSPS) is 15.9. The van der Waals surface area contributed by atoms with Crippen LogP contribution in [0.25, 0.3) is 10.9 Å². The molecule has 2 N–H and O–H groups in total. The molecule has 8 nitrogen and oxygen atoms in total. The van der Waals surface area contributed by atoms with E-state index >= 15 is 0 Å². The summed E-state index contributed by atoms with van der Waals surface area (Å²) in [6.07, 6.45) is 4.45. The molecule has 43 heavy (non-hydrogen) atoms. The first-order valence-electron chi connectivity index (χ1n) is 13.7. The van der Waals surface area contributed by atoms with Crippen LogP contribution >= 0.6 is 34.8 Å². The summed E-state index contributed by atoms with van der Waals surface area (Å²) >= 11 is 19.0. The third kappa shape index (κ3) is 6.10. The topological polar surface area (TPSA) is 94.7 Å². The summed E-state index contributed by atoms with van der Waals surface area (Å²) in [6.45, 7) is 5.13. The Morgan fingerprint density at radius 3 is 2.58 bits per heavy atom. The summed E-state index contributed by atoms with van der Waals surface area (Å²) < 4.78 is 15.8. The fraction of sp³-hybridized carbons (Fsp3) is 0.226. The van der Waals surface area contributed by atoms with Crippen molar-refractivity contribution in [2.45, 2.75) is 25.4 Å². The summed E-state index contributed by atoms with van der Waals surface area (Å²) in [6, 6.07) is 17.5. The lowest BCUT2D eigenvalue weighted by Gasteiger charge is -2.20. The zero-order valence-corrected chi connectivity index (χ0v) is 25.3. The molecule has 2 atom stereocenters. The van der Waals surface area contributed by atoms with Crippen LogP contribution in [-0.2, 0) is 0 Å². The Morgan fingerprint density at radius 1 is 1.07 bits per heavy atom. The molecule has 1 aliphatic rings. The van der Waals surface area contributed by atoms with E-state index in [4.69, 9.17) is 34.8 Å². The molecule has 0 bridgehead atoms. The number of fused-ring (bicyclic) bond motifs is 1. The van der Waals surface area contributed by atoms with Crippen molar-refractivity contribution in [3.05, 3.63) is 105 Å². The molecule has 0 spiro atoms. The number of rotatable bonds is 8. The zero-order chi connectivity index (χ0) is 30.1. The van der Waals surface area contributed by atoms with E-state index < -0.39 is 5.82 Å². The number of likely N-dealkylation sites (N-methyl/N-ethyl adjacent to an activating group) is 1. The molecule has 3 heterocycles. The van der Waals surface area contributed by atoms with E-state index in [1.165, 1.54) is 18.3 Å². The highest BCUT2D eigenvalue weighted by Gasteiger charge is 2.26. The van der Waals surface area contributed by atoms with Gasteiger partial charge >= 0.3 is 0 Å². The minimum absolute atomic E-state index is 0.0406. The Morgan fingerprint density at radius 2 is 1.86 bits per heavy atom. The van der Waals surface area contributed by atoms with Gasteiger partial charge in [-0.15, -0.1) is 5.10 Å². The van der Waals surface area contributed by atoms with Gasteiger partial charge in [-0.25, -0.2) is 9.07 Å². The third-order valence-electron chi connectivity index (χ3n) is 7.64. The third-order valence-corrected chi connectivity index (χ3v) is 8.47. The van der Waals surface area contributed by atoms with E-state index in [0.717, 1.165) is 37.3 Å². The van der Waals surface area contributed by atoms with E-state index in [1.807, 2.05) is 41.2 Å². The predicted octanol–water partition coefficient (Wildman–Crippen LogP) is 8.01. The van der Waals surface area contributed by atoms with Crippen molar-refractivity contribution < 1.29 is 4.39 Å². The smallest absolute Gasteiger partial charge is 0.141 e. The van der Waals surface area contributed by atoms with Crippen LogP contribution in [0, 0.1) is 17.1 Å². The Balaban J connectivity index is 1.40. The van der Waals surface area contributed by atoms with Gasteiger partial charge in [0.1, 0.15) is 17.6 Å². The van der Waals surface area contributed by atoms with Crippen molar-refractivity contribution in [1.29, 1.82) is 5.26 Å². The maximum atomic E-state index is 13.8. The molecule has 0 amide bonds. The number of nitrogens with one attached hydrogen (secondary N) is 2. The molecule has 1 saturated heterocycles. The number of nitriles is 1. The molecule has 218 valence electrons. The van der Waals surface area contributed by atoms with Gasteiger partial charge in [0.05, 0.1) is 45.1 Å². The average molecular weight is 636 g/mol. The minimum atomic E-state index is -0.539. The predicted molar refractivity (Wildman–Crippen MR) is 169 cm³/mol. The Labute approximate surface area is 263 Å². The Hall–Kier alpha value is -3.94. The van der Waals surface area contributed by atoms with Crippen molar-refractivity contribution in [3.63, 3.8) is 0 Å². The highest BCUT2D eigenvalue weighted by Crippen LogP contribution is 2.37. The van der Waals surface area contributed by atoms with Gasteiger partial charge in [0.2, 0.25) is 0 Å². The summed E-state index contributed by atoms with van der Waals surface area (Å²) in [4.78, 5) is 6.84. The zero-order valence-electron chi connectivity index (χ0n) is 23.0. The standard InChI is InChI=1S/C31H26Cl3FN8/c1-2-42-10-9-23(16-42)43-17-28(40-41-43)30(18-3-5-20(32)6-4-18)39-22-11-24-29(38-21-7-8-27(35)25(33)12-21)19(14-36)15-37-31(24)26(34)13-22/h3-8,11-13,15,17,23,30,39H,2,9-10,16H2,1H3,(H,37,38)/t23-,30?/m1/s1. The van der Waals surface area contributed by atoms with Crippen LogP contribution in [0.1, 0.15) is 42.2 Å². The van der Waals surface area contributed by atoms with Crippen LogP contribution < -0.4 is 10.6 Å². The number of pyridine rings is 1. The first kappa shape index (κ1) is 29.1. The second-order valence-corrected chi connectivity index (χ2v) is 11.6. The number of halogens is 4. The van der Waals surface area contributed by atoms with E-state index in [9.17, 15) is 9.65 Å². The molecule has 1 aliphatic heterocycles. The Kier molecular flexibility index (Phi) is 8.37. The number of benzene rings is 3. The lowest BCUT2D eigenvalue weighted by atomic mass is 10.0. The molecule has 12 heteroatoms. The van der Waals surface area contributed by atoms with Gasteiger partial charge in [-0.05, 0) is 61.0 Å². The fourth-order valence-electron chi connectivity index (χ4n) is 5.35. The fourth-order valence-corrected chi connectivity index (χ4v) is 5.92. The first-order valence-corrected chi connectivity index (χ1v) is 14.9. The lowest BCUT2D eigenvalue weighted by molar-refractivity contribution is 0.334. The van der Waals surface area contributed by atoms with Crippen molar-refractivity contribution >= 4 is 62.8 Å². The van der Waals surface area contributed by atoms with Crippen molar-refractivity contribution in [2.75, 3.05) is 30.3 Å². The molecular weight excluding hydrogens is 610 g/mol. The molecule has 0 aliphatic carbocycles. The minimum Gasteiger partial charge on any atom is -0.373 e. The summed E-state index contributed by atoms with van der Waals surface area (Å²) in [5.41, 5.74) is 4.09. The number of hydrogen-bond acceptors (Lipinski definition) is 7. The highest BCUT2D eigenvalue weighted by atomic mass is 35.5. The van der Waals surface area contributed by atoms with E-state index in [0.29, 0.717) is 38.0 Å². The quantitative estimate of drug-likeness (QED) is 0.178. The second-order valence-electron chi connectivity index (χ2n) is 10.4. The number of likely N-dealkylation sites (tertiary alicyclic amines) is 1. The van der Waals surface area contributed by atoms with Gasteiger partial charge in [0.25, 0.3) is 0 Å². The Bertz CT molecular complexity index is 1840. The monoisotopic (exact) mass is 634 g/mol. The average Bonchev–Trinajstić information content (AvgIpc) is 3.69. The SMILES string of the molecule is CCN1CC[C@@H](n2cc(C(Nc3cc(Cl)c4ncc(C#N)c(Nc5ccc(F)c(Cl)c5)c4c3)c3ccc(Cl)cc3)nn2)C1.